The van der Waals surface area contributed by atoms with Crippen LogP contribution in [-0.2, 0) is 26.0 Å². The van der Waals surface area contributed by atoms with Crippen LogP contribution < -0.4 is 19.2 Å². The van der Waals surface area contributed by atoms with E-state index in [0.29, 0.717) is 36.0 Å². The van der Waals surface area contributed by atoms with Gasteiger partial charge >= 0.3 is 25.7 Å². The van der Waals surface area contributed by atoms with Crippen molar-refractivity contribution in [1.29, 1.82) is 0 Å². The summed E-state index contributed by atoms with van der Waals surface area (Å²) in [5, 5.41) is 0.801. The molecule has 0 saturated heterocycles. The molecule has 8 nitrogen and oxygen atoms in total. The van der Waals surface area contributed by atoms with Gasteiger partial charge in [0.1, 0.15) is 17.3 Å². The highest BCUT2D eigenvalue weighted by molar-refractivity contribution is 7.88. The van der Waals surface area contributed by atoms with Gasteiger partial charge in [-0.05, 0) is 79.1 Å². The molecular formula is C30H19F3O8S4. The first-order chi connectivity index (χ1) is 21.0. The van der Waals surface area contributed by atoms with Crippen LogP contribution >= 0.6 is 22.7 Å². The molecule has 0 spiro atoms. The van der Waals surface area contributed by atoms with E-state index < -0.39 is 42.7 Å². The summed E-state index contributed by atoms with van der Waals surface area (Å²) in [6, 6.07) is 16.4. The average molecular weight is 693 g/mol. The molecule has 0 atom stereocenters. The van der Waals surface area contributed by atoms with Gasteiger partial charge in [0.05, 0.1) is 0 Å². The fourth-order valence-corrected chi connectivity index (χ4v) is 8.62. The number of rotatable bonds is 6. The van der Waals surface area contributed by atoms with Crippen molar-refractivity contribution in [3.05, 3.63) is 104 Å². The van der Waals surface area contributed by atoms with Crippen LogP contribution in [0.25, 0.3) is 40.3 Å². The standard InChI is InChI=1S/C30H19F3O8S4/c1-15-9-18(12-22-26(34)20-5-3-4-6-24(20)42-28(15)22)40-44(36,37)14-17-7-8-25-21(11-17)27(35)23-13-19(10-16(2)29(23)43-25)41-45(38,39)30(31,32)33/h3-13H,14H2,1-2H3. The van der Waals surface area contributed by atoms with Gasteiger partial charge in [-0.25, -0.2) is 0 Å². The molecule has 6 aromatic rings. The number of hydrogen-bond donors (Lipinski definition) is 0. The number of aryl methyl sites for hydroxylation is 2. The van der Waals surface area contributed by atoms with E-state index >= 15 is 0 Å². The highest BCUT2D eigenvalue weighted by Gasteiger charge is 2.48. The topological polar surface area (TPSA) is 121 Å². The van der Waals surface area contributed by atoms with Crippen LogP contribution in [0.1, 0.15) is 16.7 Å². The Morgan fingerprint density at radius 2 is 1.20 bits per heavy atom. The van der Waals surface area contributed by atoms with E-state index in [1.165, 1.54) is 42.5 Å². The second-order valence-electron chi connectivity index (χ2n) is 10.2. The smallest absolute Gasteiger partial charge is 0.382 e. The van der Waals surface area contributed by atoms with E-state index in [-0.39, 0.29) is 27.5 Å². The molecule has 0 N–H and O–H groups in total. The number of hydrogen-bond acceptors (Lipinski definition) is 10. The third kappa shape index (κ3) is 5.76. The second kappa shape index (κ2) is 10.8. The maximum Gasteiger partial charge on any atom is 0.534 e. The minimum Gasteiger partial charge on any atom is -0.382 e. The van der Waals surface area contributed by atoms with Crippen molar-refractivity contribution in [1.82, 2.24) is 0 Å². The van der Waals surface area contributed by atoms with Crippen molar-refractivity contribution in [2.45, 2.75) is 25.1 Å². The Morgan fingerprint density at radius 3 is 1.80 bits per heavy atom. The predicted octanol–water partition coefficient (Wildman–Crippen LogP) is 6.90. The van der Waals surface area contributed by atoms with Crippen LogP contribution in [-0.4, -0.2) is 22.3 Å². The molecule has 4 aromatic carbocycles. The van der Waals surface area contributed by atoms with E-state index in [4.69, 9.17) is 4.18 Å². The molecule has 0 saturated carbocycles. The summed E-state index contributed by atoms with van der Waals surface area (Å²) >= 11 is 2.53. The lowest BCUT2D eigenvalue weighted by atomic mass is 10.1. The number of benzene rings is 4. The normalized spacial score (nSPS) is 12.7. The summed E-state index contributed by atoms with van der Waals surface area (Å²) < 4.78 is 99.8. The Labute approximate surface area is 261 Å². The molecule has 0 fully saturated rings. The van der Waals surface area contributed by atoms with Crippen LogP contribution in [0.5, 0.6) is 11.5 Å². The van der Waals surface area contributed by atoms with Crippen molar-refractivity contribution in [2.24, 2.45) is 0 Å². The van der Waals surface area contributed by atoms with Gasteiger partial charge < -0.3 is 8.37 Å². The van der Waals surface area contributed by atoms with E-state index in [1.807, 2.05) is 12.1 Å². The molecule has 45 heavy (non-hydrogen) atoms. The summed E-state index contributed by atoms with van der Waals surface area (Å²) in [5.41, 5.74) is -5.42. The van der Waals surface area contributed by atoms with Gasteiger partial charge in [-0.15, -0.1) is 22.7 Å². The highest BCUT2D eigenvalue weighted by Crippen LogP contribution is 2.35. The molecule has 0 aliphatic rings. The molecule has 0 amide bonds. The molecular weight excluding hydrogens is 674 g/mol. The van der Waals surface area contributed by atoms with Crippen molar-refractivity contribution in [3.8, 4) is 11.5 Å². The molecule has 2 aromatic heterocycles. The third-order valence-corrected chi connectivity index (χ3v) is 11.6. The first-order valence-electron chi connectivity index (χ1n) is 12.9. The zero-order valence-corrected chi connectivity index (χ0v) is 26.4. The molecule has 0 bridgehead atoms. The minimum atomic E-state index is -5.97. The molecule has 232 valence electrons. The molecule has 0 radical (unpaired) electrons. The quantitative estimate of drug-likeness (QED) is 0.105. The van der Waals surface area contributed by atoms with Gasteiger partial charge in [-0.2, -0.15) is 30.0 Å². The van der Waals surface area contributed by atoms with Crippen LogP contribution in [0, 0.1) is 13.8 Å². The fraction of sp³-hybridized carbons (Fsp3) is 0.133. The Balaban J connectivity index is 1.35. The highest BCUT2D eigenvalue weighted by atomic mass is 32.2. The Morgan fingerprint density at radius 1 is 0.667 bits per heavy atom. The Hall–Kier alpha value is -4.05. The SMILES string of the molecule is Cc1cc(OS(=O)(=O)Cc2ccc3sc4c(C)cc(OS(=O)(=O)C(F)(F)F)cc4c(=O)c3c2)cc2c(=O)c3ccccc3sc12. The summed E-state index contributed by atoms with van der Waals surface area (Å²) in [4.78, 5) is 26.6. The second-order valence-corrected chi connectivity index (χ2v) is 15.4. The summed E-state index contributed by atoms with van der Waals surface area (Å²) in [7, 11) is -10.3. The third-order valence-electron chi connectivity index (χ3n) is 6.89. The number of fused-ring (bicyclic) bond motifs is 4. The van der Waals surface area contributed by atoms with Gasteiger partial charge in [0.25, 0.3) is 0 Å². The van der Waals surface area contributed by atoms with E-state index in [1.54, 1.807) is 25.1 Å². The van der Waals surface area contributed by atoms with Gasteiger partial charge in [-0.3, -0.25) is 9.59 Å². The lowest BCUT2D eigenvalue weighted by Crippen LogP contribution is -2.28. The van der Waals surface area contributed by atoms with Crippen molar-refractivity contribution < 1.29 is 38.4 Å². The monoisotopic (exact) mass is 692 g/mol. The van der Waals surface area contributed by atoms with Crippen LogP contribution in [0.4, 0.5) is 13.2 Å². The van der Waals surface area contributed by atoms with Crippen molar-refractivity contribution in [2.75, 3.05) is 0 Å². The van der Waals surface area contributed by atoms with E-state index in [2.05, 4.69) is 4.18 Å². The average Bonchev–Trinajstić information content (AvgIpc) is 2.94. The summed E-state index contributed by atoms with van der Waals surface area (Å²) in [6.07, 6.45) is 0. The molecule has 2 heterocycles. The van der Waals surface area contributed by atoms with Crippen LogP contribution in [0.15, 0.2) is 76.3 Å². The molecule has 0 aliphatic carbocycles. The maximum atomic E-state index is 13.4. The predicted molar refractivity (Wildman–Crippen MR) is 170 cm³/mol. The molecule has 0 unspecified atom stereocenters. The Bertz CT molecular complexity index is 2550. The first-order valence-corrected chi connectivity index (χ1v) is 17.5. The molecule has 0 aliphatic heterocycles. The lowest BCUT2D eigenvalue weighted by Gasteiger charge is -2.12. The zero-order valence-electron chi connectivity index (χ0n) is 23.1. The molecule has 6 rings (SSSR count). The van der Waals surface area contributed by atoms with Gasteiger partial charge in [0, 0.05) is 40.3 Å². The lowest BCUT2D eigenvalue weighted by molar-refractivity contribution is -0.0500. The van der Waals surface area contributed by atoms with Gasteiger partial charge in [0.15, 0.2) is 10.9 Å². The maximum absolute atomic E-state index is 13.4. The van der Waals surface area contributed by atoms with Gasteiger partial charge in [-0.1, -0.05) is 18.2 Å². The van der Waals surface area contributed by atoms with Crippen LogP contribution in [0.2, 0.25) is 0 Å². The minimum absolute atomic E-state index is 0.0464. The molecule has 15 heteroatoms. The van der Waals surface area contributed by atoms with Crippen molar-refractivity contribution >= 4 is 83.3 Å². The Kier molecular flexibility index (Phi) is 7.42. The zero-order chi connectivity index (χ0) is 32.5. The van der Waals surface area contributed by atoms with Crippen molar-refractivity contribution in [3.63, 3.8) is 0 Å². The number of alkyl halides is 3. The fourth-order valence-electron chi connectivity index (χ4n) is 4.93. The van der Waals surface area contributed by atoms with E-state index in [9.17, 15) is 39.6 Å². The summed E-state index contributed by atoms with van der Waals surface area (Å²) in [6.45, 7) is 3.23. The largest absolute Gasteiger partial charge is 0.534 e. The van der Waals surface area contributed by atoms with E-state index in [0.717, 1.165) is 28.2 Å². The first kappa shape index (κ1) is 31.0. The van der Waals surface area contributed by atoms with Crippen LogP contribution in [0.3, 0.4) is 0 Å². The number of halogens is 3. The van der Waals surface area contributed by atoms with Gasteiger partial charge in [0.2, 0.25) is 0 Å². The summed E-state index contributed by atoms with van der Waals surface area (Å²) in [5.74, 6) is -1.37.